The van der Waals surface area contributed by atoms with E-state index in [1.54, 1.807) is 0 Å². The van der Waals surface area contributed by atoms with E-state index >= 15 is 0 Å². The van der Waals surface area contributed by atoms with E-state index < -0.39 is 0 Å². The van der Waals surface area contributed by atoms with Gasteiger partial charge < -0.3 is 10.1 Å². The number of methoxy groups -OCH3 is 1. The summed E-state index contributed by atoms with van der Waals surface area (Å²) in [7, 11) is 3.50. The van der Waals surface area contributed by atoms with Crippen LogP contribution in [0.15, 0.2) is 0 Å². The van der Waals surface area contributed by atoms with Crippen LogP contribution in [-0.2, 0) is 9.53 Å². The fourth-order valence-electron chi connectivity index (χ4n) is 2.09. The Labute approximate surface area is 115 Å². The number of ether oxygens (including phenoxy) is 1. The van der Waals surface area contributed by atoms with Crippen molar-refractivity contribution in [3.63, 3.8) is 0 Å². The van der Waals surface area contributed by atoms with Gasteiger partial charge in [0.15, 0.2) is 0 Å². The molecule has 0 amide bonds. The Morgan fingerprint density at radius 3 is 2.44 bits per heavy atom. The lowest BCUT2D eigenvalue weighted by atomic mass is 9.88. The van der Waals surface area contributed by atoms with Gasteiger partial charge in [-0.2, -0.15) is 11.8 Å². The van der Waals surface area contributed by atoms with E-state index in [4.69, 9.17) is 4.74 Å². The molecule has 0 saturated heterocycles. The van der Waals surface area contributed by atoms with Gasteiger partial charge in [0.05, 0.1) is 13.5 Å². The highest BCUT2D eigenvalue weighted by Crippen LogP contribution is 2.51. The average molecular weight is 273 g/mol. The first-order valence-corrected chi connectivity index (χ1v) is 7.80. The standard InChI is InChI=1S/C14H27NO2S/c1-13(2,3)11(15-4)9-18-10-14(6-7-14)8-12(16)17-5/h11,15H,6-10H2,1-5H3. The number of carbonyl (C=O) groups is 1. The van der Waals surface area contributed by atoms with E-state index in [2.05, 4.69) is 26.1 Å². The summed E-state index contributed by atoms with van der Waals surface area (Å²) in [4.78, 5) is 11.3. The lowest BCUT2D eigenvalue weighted by Crippen LogP contribution is -2.40. The van der Waals surface area contributed by atoms with Gasteiger partial charge in [0.2, 0.25) is 0 Å². The Balaban J connectivity index is 2.31. The van der Waals surface area contributed by atoms with Gasteiger partial charge in [-0.15, -0.1) is 0 Å². The van der Waals surface area contributed by atoms with Gasteiger partial charge in [-0.3, -0.25) is 4.79 Å². The van der Waals surface area contributed by atoms with Gasteiger partial charge in [0, 0.05) is 11.8 Å². The Hall–Kier alpha value is -0.220. The third-order valence-electron chi connectivity index (χ3n) is 3.79. The summed E-state index contributed by atoms with van der Waals surface area (Å²) in [6, 6.07) is 0.511. The zero-order valence-electron chi connectivity index (χ0n) is 12.3. The molecular weight excluding hydrogens is 246 g/mol. The molecule has 106 valence electrons. The maximum absolute atomic E-state index is 11.3. The molecule has 1 aliphatic carbocycles. The number of thioether (sulfide) groups is 1. The Bertz CT molecular complexity index is 282. The molecule has 1 fully saturated rings. The van der Waals surface area contributed by atoms with Crippen LogP contribution in [0.4, 0.5) is 0 Å². The third kappa shape index (κ3) is 4.81. The highest BCUT2D eigenvalue weighted by molar-refractivity contribution is 7.99. The number of hydrogen-bond acceptors (Lipinski definition) is 4. The minimum absolute atomic E-state index is 0.0610. The minimum atomic E-state index is -0.0610. The first-order chi connectivity index (χ1) is 8.33. The Morgan fingerprint density at radius 1 is 1.44 bits per heavy atom. The monoisotopic (exact) mass is 273 g/mol. The summed E-state index contributed by atoms with van der Waals surface area (Å²) in [6.07, 6.45) is 2.94. The van der Waals surface area contributed by atoms with Crippen molar-refractivity contribution in [3.8, 4) is 0 Å². The minimum Gasteiger partial charge on any atom is -0.469 e. The highest BCUT2D eigenvalue weighted by atomic mass is 32.2. The van der Waals surface area contributed by atoms with Crippen molar-refractivity contribution in [2.24, 2.45) is 10.8 Å². The van der Waals surface area contributed by atoms with E-state index in [-0.39, 0.29) is 16.8 Å². The van der Waals surface area contributed by atoms with Crippen molar-refractivity contribution in [3.05, 3.63) is 0 Å². The summed E-state index contributed by atoms with van der Waals surface area (Å²) in [5.74, 6) is 2.12. The van der Waals surface area contributed by atoms with E-state index in [0.29, 0.717) is 12.5 Å². The molecule has 1 saturated carbocycles. The molecule has 0 bridgehead atoms. The van der Waals surface area contributed by atoms with Gasteiger partial charge in [-0.1, -0.05) is 20.8 Å². The molecule has 0 radical (unpaired) electrons. The van der Waals surface area contributed by atoms with Crippen molar-refractivity contribution in [2.45, 2.75) is 46.1 Å². The number of rotatable bonds is 7. The molecule has 1 N–H and O–H groups in total. The molecule has 0 spiro atoms. The first kappa shape index (κ1) is 15.8. The van der Waals surface area contributed by atoms with Crippen molar-refractivity contribution in [1.29, 1.82) is 0 Å². The van der Waals surface area contributed by atoms with Gasteiger partial charge in [0.25, 0.3) is 0 Å². The Morgan fingerprint density at radius 2 is 2.06 bits per heavy atom. The average Bonchev–Trinajstić information content (AvgIpc) is 3.03. The van der Waals surface area contributed by atoms with Crippen LogP contribution in [0.2, 0.25) is 0 Å². The summed E-state index contributed by atoms with van der Waals surface area (Å²) in [6.45, 7) is 6.78. The molecule has 18 heavy (non-hydrogen) atoms. The smallest absolute Gasteiger partial charge is 0.306 e. The molecule has 1 aliphatic rings. The van der Waals surface area contributed by atoms with Crippen LogP contribution < -0.4 is 5.32 Å². The van der Waals surface area contributed by atoms with Crippen LogP contribution in [0.25, 0.3) is 0 Å². The molecule has 1 unspecified atom stereocenters. The van der Waals surface area contributed by atoms with Crippen LogP contribution in [0, 0.1) is 10.8 Å². The van der Waals surface area contributed by atoms with Crippen molar-refractivity contribution >= 4 is 17.7 Å². The Kier molecular flexibility index (Phi) is 5.53. The molecule has 0 aromatic rings. The van der Waals surface area contributed by atoms with Crippen molar-refractivity contribution in [2.75, 3.05) is 25.7 Å². The highest BCUT2D eigenvalue weighted by Gasteiger charge is 2.44. The number of carbonyl (C=O) groups excluding carboxylic acids is 1. The molecule has 0 aliphatic heterocycles. The third-order valence-corrected chi connectivity index (χ3v) is 5.18. The fraction of sp³-hybridized carbons (Fsp3) is 0.929. The topological polar surface area (TPSA) is 38.3 Å². The van der Waals surface area contributed by atoms with E-state index in [1.807, 2.05) is 18.8 Å². The molecule has 0 heterocycles. The summed E-state index contributed by atoms with van der Waals surface area (Å²) in [5.41, 5.74) is 0.523. The lowest BCUT2D eigenvalue weighted by Gasteiger charge is -2.30. The van der Waals surface area contributed by atoms with Crippen LogP contribution >= 0.6 is 11.8 Å². The lowest BCUT2D eigenvalue weighted by molar-refractivity contribution is -0.141. The predicted molar refractivity (Wildman–Crippen MR) is 77.9 cm³/mol. The zero-order chi connectivity index (χ0) is 13.8. The first-order valence-electron chi connectivity index (χ1n) is 6.65. The molecule has 0 aromatic heterocycles. The van der Waals surface area contributed by atoms with E-state index in [0.717, 1.165) is 11.5 Å². The normalized spacial score (nSPS) is 19.4. The van der Waals surface area contributed by atoms with E-state index in [1.165, 1.54) is 20.0 Å². The molecule has 0 aromatic carbocycles. The second-order valence-electron chi connectivity index (χ2n) is 6.48. The van der Waals surface area contributed by atoms with Gasteiger partial charge in [-0.25, -0.2) is 0 Å². The van der Waals surface area contributed by atoms with Crippen molar-refractivity contribution < 1.29 is 9.53 Å². The maximum Gasteiger partial charge on any atom is 0.306 e. The number of hydrogen-bond donors (Lipinski definition) is 1. The van der Waals surface area contributed by atoms with Crippen LogP contribution in [0.5, 0.6) is 0 Å². The molecule has 1 rings (SSSR count). The quantitative estimate of drug-likeness (QED) is 0.724. The second-order valence-corrected chi connectivity index (χ2v) is 7.51. The van der Waals surface area contributed by atoms with Crippen LogP contribution in [0.3, 0.4) is 0 Å². The predicted octanol–water partition coefficient (Wildman–Crippen LogP) is 2.70. The molecule has 1 atom stereocenters. The maximum atomic E-state index is 11.3. The van der Waals surface area contributed by atoms with Crippen molar-refractivity contribution in [1.82, 2.24) is 5.32 Å². The SMILES string of the molecule is CNC(CSCC1(CC(=O)OC)CC1)C(C)(C)C. The molecule has 4 heteroatoms. The van der Waals surface area contributed by atoms with Crippen LogP contribution in [-0.4, -0.2) is 37.7 Å². The second kappa shape index (κ2) is 6.29. The summed E-state index contributed by atoms with van der Waals surface area (Å²) < 4.78 is 4.77. The zero-order valence-corrected chi connectivity index (χ0v) is 13.2. The number of esters is 1. The van der Waals surface area contributed by atoms with Gasteiger partial charge in [-0.05, 0) is 36.5 Å². The summed E-state index contributed by atoms with van der Waals surface area (Å²) in [5, 5.41) is 3.39. The van der Waals surface area contributed by atoms with Gasteiger partial charge >= 0.3 is 5.97 Å². The largest absolute Gasteiger partial charge is 0.469 e. The van der Waals surface area contributed by atoms with Crippen LogP contribution in [0.1, 0.15) is 40.0 Å². The fourth-order valence-corrected chi connectivity index (χ4v) is 3.93. The number of nitrogens with one attached hydrogen (secondary N) is 1. The van der Waals surface area contributed by atoms with E-state index in [9.17, 15) is 4.79 Å². The summed E-state index contributed by atoms with van der Waals surface area (Å²) >= 11 is 1.96. The molecular formula is C14H27NO2S. The van der Waals surface area contributed by atoms with Gasteiger partial charge in [0.1, 0.15) is 0 Å². The molecule has 3 nitrogen and oxygen atoms in total.